The molecule has 1 amide bonds. The van der Waals surface area contributed by atoms with Gasteiger partial charge in [0, 0.05) is 25.6 Å². The van der Waals surface area contributed by atoms with Crippen molar-refractivity contribution in [2.75, 3.05) is 13.1 Å². The number of hydrogen-bond acceptors (Lipinski definition) is 3. The van der Waals surface area contributed by atoms with Crippen LogP contribution in [0.4, 0.5) is 0 Å². The lowest BCUT2D eigenvalue weighted by Gasteiger charge is -2.41. The van der Waals surface area contributed by atoms with E-state index in [1.54, 1.807) is 4.90 Å². The number of carbonyl (C=O) groups is 2. The number of likely N-dealkylation sites (tertiary alicyclic amines) is 1. The molecule has 106 valence electrons. The fourth-order valence-corrected chi connectivity index (χ4v) is 2.98. The summed E-state index contributed by atoms with van der Waals surface area (Å²) in [6.07, 6.45) is 0.875. The molecule has 2 N–H and O–H groups in total. The number of aliphatic carboxylic acids is 1. The molecule has 0 aliphatic carbocycles. The molecule has 0 radical (unpaired) electrons. The van der Waals surface area contributed by atoms with Crippen LogP contribution in [0.5, 0.6) is 0 Å². The van der Waals surface area contributed by atoms with E-state index in [0.717, 1.165) is 13.0 Å². The number of amides is 1. The Labute approximate surface area is 117 Å². The summed E-state index contributed by atoms with van der Waals surface area (Å²) >= 11 is 0. The van der Waals surface area contributed by atoms with Gasteiger partial charge in [0.05, 0.1) is 12.5 Å². The normalized spacial score (nSPS) is 22.0. The van der Waals surface area contributed by atoms with Crippen molar-refractivity contribution >= 4 is 11.9 Å². The van der Waals surface area contributed by atoms with Gasteiger partial charge in [-0.2, -0.15) is 0 Å². The zero-order valence-electron chi connectivity index (χ0n) is 11.2. The highest BCUT2D eigenvalue weighted by atomic mass is 16.4. The molecule has 0 unspecified atom stereocenters. The van der Waals surface area contributed by atoms with E-state index in [-0.39, 0.29) is 24.3 Å². The average Bonchev–Trinajstić information content (AvgIpc) is 2.41. The van der Waals surface area contributed by atoms with Gasteiger partial charge < -0.3 is 15.3 Å². The molecule has 0 aromatic heterocycles. The highest BCUT2D eigenvalue weighted by Crippen LogP contribution is 2.23. The molecule has 0 saturated carbocycles. The maximum Gasteiger partial charge on any atom is 0.303 e. The largest absolute Gasteiger partial charge is 0.481 e. The lowest BCUT2D eigenvalue weighted by molar-refractivity contribution is -0.146. The lowest BCUT2D eigenvalue weighted by Crippen LogP contribution is -2.57. The van der Waals surface area contributed by atoms with Crippen LogP contribution in [0.25, 0.3) is 0 Å². The number of carboxylic acid groups (broad SMARTS) is 1. The molecule has 5 nitrogen and oxygen atoms in total. The molecule has 2 aliphatic heterocycles. The fraction of sp³-hybridized carbons (Fsp3) is 0.467. The van der Waals surface area contributed by atoms with E-state index < -0.39 is 5.97 Å². The van der Waals surface area contributed by atoms with Crippen molar-refractivity contribution in [3.63, 3.8) is 0 Å². The summed E-state index contributed by atoms with van der Waals surface area (Å²) in [7, 11) is 0. The van der Waals surface area contributed by atoms with Crippen LogP contribution in [0.2, 0.25) is 0 Å². The van der Waals surface area contributed by atoms with Crippen LogP contribution in [-0.4, -0.2) is 41.0 Å². The second-order valence-electron chi connectivity index (χ2n) is 5.61. The molecule has 2 aliphatic rings. The van der Waals surface area contributed by atoms with Crippen LogP contribution < -0.4 is 5.32 Å². The Hall–Kier alpha value is -1.88. The second-order valence-corrected chi connectivity index (χ2v) is 5.61. The zero-order chi connectivity index (χ0) is 14.1. The molecular weight excluding hydrogens is 256 g/mol. The van der Waals surface area contributed by atoms with Crippen LogP contribution >= 0.6 is 0 Å². The summed E-state index contributed by atoms with van der Waals surface area (Å²) in [6.45, 7) is 1.87. The van der Waals surface area contributed by atoms with E-state index in [9.17, 15) is 9.59 Å². The smallest absolute Gasteiger partial charge is 0.303 e. The van der Waals surface area contributed by atoms with Crippen molar-refractivity contribution in [3.8, 4) is 0 Å². The van der Waals surface area contributed by atoms with E-state index in [4.69, 9.17) is 5.11 Å². The van der Waals surface area contributed by atoms with E-state index in [1.807, 2.05) is 12.1 Å². The molecule has 1 saturated heterocycles. The number of fused-ring (bicyclic) bond motifs is 1. The molecule has 20 heavy (non-hydrogen) atoms. The van der Waals surface area contributed by atoms with E-state index in [1.165, 1.54) is 11.1 Å². The number of rotatable bonds is 3. The van der Waals surface area contributed by atoms with Gasteiger partial charge in [-0.25, -0.2) is 0 Å². The summed E-state index contributed by atoms with van der Waals surface area (Å²) in [4.78, 5) is 24.7. The first-order chi connectivity index (χ1) is 9.63. The summed E-state index contributed by atoms with van der Waals surface area (Å²) < 4.78 is 0. The third kappa shape index (κ3) is 2.54. The maximum absolute atomic E-state index is 12.3. The van der Waals surface area contributed by atoms with Gasteiger partial charge in [-0.05, 0) is 17.5 Å². The topological polar surface area (TPSA) is 69.6 Å². The molecule has 5 heteroatoms. The first-order valence-corrected chi connectivity index (χ1v) is 6.94. The SMILES string of the molecule is O=C(O)CC1CN(C(=O)[C@@H]2Cc3ccccc3CN2)C1. The molecule has 1 aromatic rings. The third-order valence-corrected chi connectivity index (χ3v) is 4.11. The summed E-state index contributed by atoms with van der Waals surface area (Å²) in [5.41, 5.74) is 2.48. The van der Waals surface area contributed by atoms with E-state index >= 15 is 0 Å². The van der Waals surface area contributed by atoms with Gasteiger partial charge in [0.25, 0.3) is 0 Å². The molecule has 3 rings (SSSR count). The standard InChI is InChI=1S/C15H18N2O3/c18-14(19)5-10-8-17(9-10)15(20)13-6-11-3-1-2-4-12(11)7-16-13/h1-4,10,13,16H,5-9H2,(H,18,19)/t13-/m0/s1. The minimum Gasteiger partial charge on any atom is -0.481 e. The van der Waals surface area contributed by atoms with E-state index in [2.05, 4.69) is 17.4 Å². The Kier molecular flexibility index (Phi) is 3.44. The highest BCUT2D eigenvalue weighted by molar-refractivity contribution is 5.83. The van der Waals surface area contributed by atoms with Gasteiger partial charge in [0.1, 0.15) is 0 Å². The Morgan fingerprint density at radius 1 is 1.25 bits per heavy atom. The Morgan fingerprint density at radius 3 is 2.65 bits per heavy atom. The first-order valence-electron chi connectivity index (χ1n) is 6.94. The number of carbonyl (C=O) groups excluding carboxylic acids is 1. The van der Waals surface area contributed by atoms with Crippen LogP contribution in [-0.2, 0) is 22.6 Å². The quantitative estimate of drug-likeness (QED) is 0.848. The third-order valence-electron chi connectivity index (χ3n) is 4.11. The number of nitrogens with zero attached hydrogens (tertiary/aromatic N) is 1. The van der Waals surface area contributed by atoms with Gasteiger partial charge in [0.15, 0.2) is 0 Å². The van der Waals surface area contributed by atoms with Crippen molar-refractivity contribution in [2.45, 2.75) is 25.4 Å². The molecule has 1 aromatic carbocycles. The van der Waals surface area contributed by atoms with Crippen LogP contribution in [0.1, 0.15) is 17.5 Å². The van der Waals surface area contributed by atoms with Gasteiger partial charge in [-0.15, -0.1) is 0 Å². The molecule has 1 fully saturated rings. The lowest BCUT2D eigenvalue weighted by atomic mass is 9.92. The fourth-order valence-electron chi connectivity index (χ4n) is 2.98. The number of hydrogen-bond donors (Lipinski definition) is 2. The minimum absolute atomic E-state index is 0.0983. The Balaban J connectivity index is 1.57. The Bertz CT molecular complexity index is 538. The maximum atomic E-state index is 12.3. The van der Waals surface area contributed by atoms with Crippen LogP contribution in [0, 0.1) is 5.92 Å². The van der Waals surface area contributed by atoms with Crippen LogP contribution in [0.3, 0.4) is 0 Å². The first kappa shape index (κ1) is 13.1. The molecule has 1 atom stereocenters. The second kappa shape index (κ2) is 5.25. The minimum atomic E-state index is -0.785. The Morgan fingerprint density at radius 2 is 1.95 bits per heavy atom. The van der Waals surface area contributed by atoms with Gasteiger partial charge >= 0.3 is 5.97 Å². The number of nitrogens with one attached hydrogen (secondary N) is 1. The zero-order valence-corrected chi connectivity index (χ0v) is 11.2. The van der Waals surface area contributed by atoms with Crippen LogP contribution in [0.15, 0.2) is 24.3 Å². The van der Waals surface area contributed by atoms with E-state index in [0.29, 0.717) is 13.1 Å². The predicted octanol–water partition coefficient (Wildman–Crippen LogP) is 0.634. The van der Waals surface area contributed by atoms with Crippen molar-refractivity contribution in [1.29, 1.82) is 0 Å². The summed E-state index contributed by atoms with van der Waals surface area (Å²) in [5.74, 6) is -0.569. The molecular formula is C15H18N2O3. The van der Waals surface area contributed by atoms with Crippen molar-refractivity contribution in [2.24, 2.45) is 5.92 Å². The van der Waals surface area contributed by atoms with Gasteiger partial charge in [-0.1, -0.05) is 24.3 Å². The average molecular weight is 274 g/mol. The monoisotopic (exact) mass is 274 g/mol. The van der Waals surface area contributed by atoms with Gasteiger partial charge in [0.2, 0.25) is 5.91 Å². The molecule has 0 bridgehead atoms. The van der Waals surface area contributed by atoms with Crippen molar-refractivity contribution in [3.05, 3.63) is 35.4 Å². The van der Waals surface area contributed by atoms with Crippen molar-refractivity contribution in [1.82, 2.24) is 10.2 Å². The van der Waals surface area contributed by atoms with Crippen molar-refractivity contribution < 1.29 is 14.7 Å². The predicted molar refractivity (Wildman–Crippen MR) is 73.1 cm³/mol. The number of carboxylic acids is 1. The number of benzene rings is 1. The molecule has 2 heterocycles. The summed E-state index contributed by atoms with van der Waals surface area (Å²) in [6, 6.07) is 7.98. The highest BCUT2D eigenvalue weighted by Gasteiger charge is 2.36. The van der Waals surface area contributed by atoms with Gasteiger partial charge in [-0.3, -0.25) is 9.59 Å². The summed E-state index contributed by atoms with van der Waals surface area (Å²) in [5, 5.41) is 12.0. The molecule has 0 spiro atoms.